The molecule has 6 nitrogen and oxygen atoms in total. The Balaban J connectivity index is 1.87. The van der Waals surface area contributed by atoms with Crippen LogP contribution in [0.15, 0.2) is 35.5 Å². The predicted octanol–water partition coefficient (Wildman–Crippen LogP) is 0.706. The van der Waals surface area contributed by atoms with Gasteiger partial charge in [-0.05, 0) is 55.2 Å². The summed E-state index contributed by atoms with van der Waals surface area (Å²) in [5.74, 6) is -1.79. The lowest BCUT2D eigenvalue weighted by atomic mass is 9.74. The van der Waals surface area contributed by atoms with E-state index in [0.29, 0.717) is 31.2 Å². The van der Waals surface area contributed by atoms with Gasteiger partial charge in [-0.15, -0.1) is 0 Å². The van der Waals surface area contributed by atoms with Crippen LogP contribution in [0.25, 0.3) is 0 Å². The van der Waals surface area contributed by atoms with Crippen molar-refractivity contribution in [2.24, 2.45) is 17.4 Å². The van der Waals surface area contributed by atoms with Gasteiger partial charge in [0.15, 0.2) is 0 Å². The minimum absolute atomic E-state index is 0.133. The van der Waals surface area contributed by atoms with E-state index in [4.69, 9.17) is 16.7 Å². The third kappa shape index (κ3) is 3.85. The second-order valence-electron chi connectivity index (χ2n) is 7.61. The SMILES string of the molecule is N#Cc1cccc(C2CCC(C(N)=C3C(N)=[NH+]C(=O)CC3(O)C(F)(F)F)CC2)c1. The van der Waals surface area contributed by atoms with Crippen LogP contribution in [0.5, 0.6) is 0 Å². The molecule has 2 aliphatic rings. The van der Waals surface area contributed by atoms with Gasteiger partial charge in [-0.25, -0.2) is 9.79 Å². The molecule has 1 atom stereocenters. The van der Waals surface area contributed by atoms with E-state index in [2.05, 4.69) is 11.1 Å². The highest BCUT2D eigenvalue weighted by Crippen LogP contribution is 2.44. The molecule has 9 heteroatoms. The molecule has 1 heterocycles. The number of aliphatic hydroxyl groups is 1. The van der Waals surface area contributed by atoms with Crippen LogP contribution in [0.1, 0.15) is 49.1 Å². The molecule has 1 aromatic rings. The maximum absolute atomic E-state index is 13.6. The zero-order valence-corrected chi connectivity index (χ0v) is 15.6. The fourth-order valence-corrected chi connectivity index (χ4v) is 4.24. The van der Waals surface area contributed by atoms with Gasteiger partial charge in [0.1, 0.15) is 5.57 Å². The number of hydrogen-bond acceptors (Lipinski definition) is 5. The van der Waals surface area contributed by atoms with Crippen molar-refractivity contribution in [3.63, 3.8) is 0 Å². The zero-order chi connectivity index (χ0) is 21.4. The Morgan fingerprint density at radius 1 is 1.28 bits per heavy atom. The molecular weight excluding hydrogens is 385 g/mol. The molecular formula is C20H22F3N4O2+. The minimum atomic E-state index is -5.09. The quantitative estimate of drug-likeness (QED) is 0.574. The average molecular weight is 407 g/mol. The molecule has 3 rings (SSSR count). The highest BCUT2D eigenvalue weighted by molar-refractivity contribution is 6.00. The van der Waals surface area contributed by atoms with Gasteiger partial charge >= 0.3 is 12.1 Å². The Bertz CT molecular complexity index is 924. The van der Waals surface area contributed by atoms with Crippen molar-refractivity contribution in [2.45, 2.75) is 49.8 Å². The number of halogens is 3. The van der Waals surface area contributed by atoms with Crippen LogP contribution in [0.3, 0.4) is 0 Å². The number of allylic oxidation sites excluding steroid dienone is 1. The van der Waals surface area contributed by atoms with Gasteiger partial charge in [-0.3, -0.25) is 5.73 Å². The zero-order valence-electron chi connectivity index (χ0n) is 15.6. The number of rotatable bonds is 2. The Labute approximate surface area is 165 Å². The Morgan fingerprint density at radius 3 is 2.52 bits per heavy atom. The van der Waals surface area contributed by atoms with Crippen molar-refractivity contribution < 1.29 is 28.1 Å². The third-order valence-electron chi connectivity index (χ3n) is 5.79. The first kappa shape index (κ1) is 20.9. The average Bonchev–Trinajstić information content (AvgIpc) is 2.66. The summed E-state index contributed by atoms with van der Waals surface area (Å²) < 4.78 is 40.8. The van der Waals surface area contributed by atoms with Gasteiger partial charge in [-0.2, -0.15) is 18.4 Å². The van der Waals surface area contributed by atoms with Crippen LogP contribution in [0.4, 0.5) is 13.2 Å². The van der Waals surface area contributed by atoms with Gasteiger partial charge in [0.05, 0.1) is 18.1 Å². The van der Waals surface area contributed by atoms with E-state index in [1.165, 1.54) is 0 Å². The van der Waals surface area contributed by atoms with Crippen molar-refractivity contribution in [3.05, 3.63) is 46.7 Å². The van der Waals surface area contributed by atoms with Crippen LogP contribution >= 0.6 is 0 Å². The van der Waals surface area contributed by atoms with Crippen LogP contribution < -0.4 is 16.5 Å². The maximum Gasteiger partial charge on any atom is 0.422 e. The van der Waals surface area contributed by atoms with Crippen LogP contribution in [-0.2, 0) is 4.79 Å². The molecule has 6 N–H and O–H groups in total. The Kier molecular flexibility index (Phi) is 5.41. The first-order valence-corrected chi connectivity index (χ1v) is 9.28. The summed E-state index contributed by atoms with van der Waals surface area (Å²) >= 11 is 0. The summed E-state index contributed by atoms with van der Waals surface area (Å²) in [6.45, 7) is 0. The van der Waals surface area contributed by atoms with E-state index in [1.54, 1.807) is 12.1 Å². The molecule has 1 saturated carbocycles. The smallest absolute Gasteiger partial charge is 0.401 e. The monoisotopic (exact) mass is 407 g/mol. The van der Waals surface area contributed by atoms with E-state index in [1.807, 2.05) is 12.1 Å². The highest BCUT2D eigenvalue weighted by atomic mass is 19.4. The molecule has 1 fully saturated rings. The number of hydrogen-bond donors (Lipinski definition) is 4. The summed E-state index contributed by atoms with van der Waals surface area (Å²) in [5, 5.41) is 19.4. The van der Waals surface area contributed by atoms with Crippen molar-refractivity contribution in [3.8, 4) is 6.07 Å². The predicted molar refractivity (Wildman–Crippen MR) is 97.9 cm³/mol. The number of nitriles is 1. The molecule has 1 aromatic carbocycles. The van der Waals surface area contributed by atoms with Gasteiger partial charge in [0.2, 0.25) is 5.60 Å². The lowest BCUT2D eigenvalue weighted by molar-refractivity contribution is -0.392. The largest absolute Gasteiger partial charge is 0.422 e. The summed E-state index contributed by atoms with van der Waals surface area (Å²) in [7, 11) is 0. The number of nitrogens with two attached hydrogens (primary N) is 2. The fourth-order valence-electron chi connectivity index (χ4n) is 4.24. The van der Waals surface area contributed by atoms with Crippen LogP contribution in [0, 0.1) is 17.2 Å². The number of benzene rings is 1. The molecule has 29 heavy (non-hydrogen) atoms. The molecule has 1 amide bonds. The lowest BCUT2D eigenvalue weighted by Gasteiger charge is -2.36. The number of nitrogens with one attached hydrogen (secondary N) is 1. The van der Waals surface area contributed by atoms with E-state index in [-0.39, 0.29) is 11.6 Å². The Hall–Kier alpha value is -2.86. The van der Waals surface area contributed by atoms with Gasteiger partial charge < -0.3 is 10.8 Å². The topological polar surface area (TPSA) is 127 Å². The second kappa shape index (κ2) is 7.52. The van der Waals surface area contributed by atoms with Gasteiger partial charge in [-0.1, -0.05) is 12.1 Å². The maximum atomic E-state index is 13.6. The van der Waals surface area contributed by atoms with E-state index >= 15 is 0 Å². The van der Waals surface area contributed by atoms with Crippen LogP contribution in [-0.4, -0.2) is 28.6 Å². The molecule has 1 unspecified atom stereocenters. The molecule has 0 radical (unpaired) electrons. The summed E-state index contributed by atoms with van der Waals surface area (Å²) in [6, 6.07) is 9.36. The molecule has 0 aromatic heterocycles. The van der Waals surface area contributed by atoms with Crippen molar-refractivity contribution in [1.82, 2.24) is 0 Å². The van der Waals surface area contributed by atoms with Crippen molar-refractivity contribution >= 4 is 11.7 Å². The molecule has 0 bridgehead atoms. The molecule has 154 valence electrons. The van der Waals surface area contributed by atoms with Gasteiger partial charge in [0.25, 0.3) is 5.84 Å². The second-order valence-corrected chi connectivity index (χ2v) is 7.61. The van der Waals surface area contributed by atoms with Crippen molar-refractivity contribution in [1.29, 1.82) is 5.26 Å². The first-order chi connectivity index (χ1) is 13.6. The molecule has 0 spiro atoms. The summed E-state index contributed by atoms with van der Waals surface area (Å²) in [5.41, 5.74) is 9.14. The molecule has 1 aliphatic carbocycles. The van der Waals surface area contributed by atoms with E-state index in [9.17, 15) is 23.1 Å². The van der Waals surface area contributed by atoms with E-state index in [0.717, 1.165) is 5.56 Å². The normalized spacial score (nSPS) is 29.8. The van der Waals surface area contributed by atoms with Crippen LogP contribution in [0.2, 0.25) is 0 Å². The first-order valence-electron chi connectivity index (χ1n) is 9.28. The fraction of sp³-hybridized carbons (Fsp3) is 0.450. The standard InChI is InChI=1S/C20H21F3N4O2/c21-20(22,23)19(29)9-15(28)27-18(26)16(19)17(25)13-6-4-12(5-7-13)14-3-1-2-11(8-14)10-24/h1-3,8,12-13,29H,4-7,9,25H2,(H2,26,27,28)/p+1. The molecule has 0 saturated heterocycles. The van der Waals surface area contributed by atoms with E-state index < -0.39 is 41.4 Å². The van der Waals surface area contributed by atoms with Gasteiger partial charge in [0, 0.05) is 5.70 Å². The molecule has 1 aliphatic heterocycles. The highest BCUT2D eigenvalue weighted by Gasteiger charge is 2.62. The lowest BCUT2D eigenvalue weighted by Crippen LogP contribution is -2.85. The number of carbonyl (C=O) groups excluding carboxylic acids is 1. The summed E-state index contributed by atoms with van der Waals surface area (Å²) in [6.07, 6.45) is -3.92. The third-order valence-corrected chi connectivity index (χ3v) is 5.79. The number of carbonyl (C=O) groups is 1. The number of alkyl halides is 3. The number of amidine groups is 1. The minimum Gasteiger partial charge on any atom is -0.401 e. The Morgan fingerprint density at radius 2 is 1.93 bits per heavy atom. The van der Waals surface area contributed by atoms with Crippen molar-refractivity contribution in [2.75, 3.05) is 0 Å². The number of amides is 1. The summed E-state index contributed by atoms with van der Waals surface area (Å²) in [4.78, 5) is 13.7. The number of nitrogens with zero attached hydrogens (tertiary/aromatic N) is 1.